The first-order valence-corrected chi connectivity index (χ1v) is 5.45. The molecule has 1 aliphatic carbocycles. The number of carboxylic acid groups (broad SMARTS) is 1. The van der Waals surface area contributed by atoms with E-state index in [9.17, 15) is 4.79 Å². The van der Waals surface area contributed by atoms with Crippen LogP contribution in [0.25, 0.3) is 0 Å². The second-order valence-corrected chi connectivity index (χ2v) is 5.04. The molecule has 0 bridgehead atoms. The molecule has 1 aliphatic rings. The lowest BCUT2D eigenvalue weighted by Gasteiger charge is -2.34. The van der Waals surface area contributed by atoms with Crippen LogP contribution in [0.2, 0.25) is 0 Å². The third kappa shape index (κ3) is 4.09. The number of aliphatic carboxylic acids is 1. The Kier molecular flexibility index (Phi) is 3.93. The lowest BCUT2D eigenvalue weighted by Crippen LogP contribution is -2.36. The summed E-state index contributed by atoms with van der Waals surface area (Å²) >= 11 is 0. The van der Waals surface area contributed by atoms with Gasteiger partial charge in [0.1, 0.15) is 0 Å². The predicted molar refractivity (Wildman–Crippen MR) is 56.3 cm³/mol. The molecule has 0 aromatic carbocycles. The average molecular weight is 199 g/mol. The van der Waals surface area contributed by atoms with Crippen LogP contribution in [-0.4, -0.2) is 23.7 Å². The molecule has 1 fully saturated rings. The molecule has 3 nitrogen and oxygen atoms in total. The zero-order chi connectivity index (χ0) is 10.6. The summed E-state index contributed by atoms with van der Waals surface area (Å²) in [5.41, 5.74) is 0.491. The van der Waals surface area contributed by atoms with E-state index in [1.165, 1.54) is 25.7 Å². The SMILES string of the molecule is CC1(C)CCC(NCCC(=O)O)CC1. The monoisotopic (exact) mass is 199 g/mol. The van der Waals surface area contributed by atoms with E-state index in [2.05, 4.69) is 19.2 Å². The van der Waals surface area contributed by atoms with E-state index < -0.39 is 5.97 Å². The zero-order valence-electron chi connectivity index (χ0n) is 9.18. The maximum absolute atomic E-state index is 10.3. The second-order valence-electron chi connectivity index (χ2n) is 5.04. The summed E-state index contributed by atoms with van der Waals surface area (Å²) in [4.78, 5) is 10.3. The maximum Gasteiger partial charge on any atom is 0.304 e. The summed E-state index contributed by atoms with van der Waals surface area (Å²) in [6, 6.07) is 0.544. The second kappa shape index (κ2) is 4.78. The number of rotatable bonds is 4. The van der Waals surface area contributed by atoms with Crippen molar-refractivity contribution >= 4 is 5.97 Å². The number of carbonyl (C=O) groups is 1. The predicted octanol–water partition coefficient (Wildman–Crippen LogP) is 2.02. The molecule has 0 unspecified atom stereocenters. The van der Waals surface area contributed by atoms with Crippen molar-refractivity contribution in [1.29, 1.82) is 0 Å². The highest BCUT2D eigenvalue weighted by molar-refractivity contribution is 5.66. The largest absolute Gasteiger partial charge is 0.481 e. The van der Waals surface area contributed by atoms with Crippen molar-refractivity contribution in [1.82, 2.24) is 5.32 Å². The normalized spacial score (nSPS) is 22.1. The molecule has 0 radical (unpaired) electrons. The maximum atomic E-state index is 10.3. The van der Waals surface area contributed by atoms with Crippen LogP contribution in [-0.2, 0) is 4.79 Å². The summed E-state index contributed by atoms with van der Waals surface area (Å²) < 4.78 is 0. The van der Waals surface area contributed by atoms with Crippen LogP contribution in [0, 0.1) is 5.41 Å². The highest BCUT2D eigenvalue weighted by atomic mass is 16.4. The Bertz CT molecular complexity index is 191. The Labute approximate surface area is 85.9 Å². The van der Waals surface area contributed by atoms with Gasteiger partial charge in [-0.3, -0.25) is 4.79 Å². The van der Waals surface area contributed by atoms with Crippen molar-refractivity contribution < 1.29 is 9.90 Å². The van der Waals surface area contributed by atoms with Gasteiger partial charge in [0.2, 0.25) is 0 Å². The van der Waals surface area contributed by atoms with Crippen molar-refractivity contribution in [3.05, 3.63) is 0 Å². The molecule has 0 spiro atoms. The topological polar surface area (TPSA) is 49.3 Å². The fourth-order valence-corrected chi connectivity index (χ4v) is 1.99. The van der Waals surface area contributed by atoms with Crippen LogP contribution in [0.1, 0.15) is 46.0 Å². The van der Waals surface area contributed by atoms with Gasteiger partial charge in [-0.2, -0.15) is 0 Å². The lowest BCUT2D eigenvalue weighted by atomic mass is 9.75. The van der Waals surface area contributed by atoms with Crippen molar-refractivity contribution in [2.75, 3.05) is 6.54 Å². The Balaban J connectivity index is 2.13. The van der Waals surface area contributed by atoms with E-state index in [4.69, 9.17) is 5.11 Å². The summed E-state index contributed by atoms with van der Waals surface area (Å²) in [5.74, 6) is -0.714. The summed E-state index contributed by atoms with van der Waals surface area (Å²) in [6.45, 7) is 5.22. The lowest BCUT2D eigenvalue weighted by molar-refractivity contribution is -0.136. The third-order valence-corrected chi connectivity index (χ3v) is 3.11. The average Bonchev–Trinajstić information content (AvgIpc) is 2.07. The van der Waals surface area contributed by atoms with Gasteiger partial charge in [0.05, 0.1) is 6.42 Å². The minimum Gasteiger partial charge on any atom is -0.481 e. The third-order valence-electron chi connectivity index (χ3n) is 3.11. The summed E-state index contributed by atoms with van der Waals surface area (Å²) in [7, 11) is 0. The van der Waals surface area contributed by atoms with Gasteiger partial charge in [-0.15, -0.1) is 0 Å². The Morgan fingerprint density at radius 2 is 2.00 bits per heavy atom. The van der Waals surface area contributed by atoms with E-state index in [-0.39, 0.29) is 6.42 Å². The van der Waals surface area contributed by atoms with Crippen molar-refractivity contribution in [3.63, 3.8) is 0 Å². The van der Waals surface area contributed by atoms with Gasteiger partial charge in [0, 0.05) is 12.6 Å². The fraction of sp³-hybridized carbons (Fsp3) is 0.909. The summed E-state index contributed by atoms with van der Waals surface area (Å²) in [6.07, 6.45) is 5.11. The van der Waals surface area contributed by atoms with E-state index in [1.54, 1.807) is 0 Å². The van der Waals surface area contributed by atoms with Gasteiger partial charge in [-0.05, 0) is 31.1 Å². The molecule has 0 heterocycles. The number of carboxylic acids is 1. The molecule has 1 saturated carbocycles. The van der Waals surface area contributed by atoms with Gasteiger partial charge in [-0.1, -0.05) is 13.8 Å². The van der Waals surface area contributed by atoms with Gasteiger partial charge < -0.3 is 10.4 Å². The van der Waals surface area contributed by atoms with E-state index in [0.29, 0.717) is 18.0 Å². The molecular formula is C11H21NO2. The van der Waals surface area contributed by atoms with Crippen LogP contribution in [0.4, 0.5) is 0 Å². The van der Waals surface area contributed by atoms with Crippen LogP contribution >= 0.6 is 0 Å². The molecular weight excluding hydrogens is 178 g/mol. The standard InChI is InChI=1S/C11H21NO2/c1-11(2)6-3-9(4-7-11)12-8-5-10(13)14/h9,12H,3-8H2,1-2H3,(H,13,14). The fourth-order valence-electron chi connectivity index (χ4n) is 1.99. The zero-order valence-corrected chi connectivity index (χ0v) is 9.18. The molecule has 14 heavy (non-hydrogen) atoms. The molecule has 0 aliphatic heterocycles. The molecule has 3 heteroatoms. The Hall–Kier alpha value is -0.570. The Morgan fingerprint density at radius 1 is 1.43 bits per heavy atom. The van der Waals surface area contributed by atoms with Gasteiger partial charge in [-0.25, -0.2) is 0 Å². The van der Waals surface area contributed by atoms with Crippen LogP contribution in [0.15, 0.2) is 0 Å². The first kappa shape index (κ1) is 11.5. The molecule has 0 aromatic rings. The highest BCUT2D eigenvalue weighted by Gasteiger charge is 2.26. The molecule has 2 N–H and O–H groups in total. The minimum atomic E-state index is -0.714. The molecule has 0 amide bonds. The molecule has 0 saturated heterocycles. The van der Waals surface area contributed by atoms with Gasteiger partial charge in [0.15, 0.2) is 0 Å². The van der Waals surface area contributed by atoms with E-state index >= 15 is 0 Å². The number of nitrogens with one attached hydrogen (secondary N) is 1. The minimum absolute atomic E-state index is 0.236. The Morgan fingerprint density at radius 3 is 2.50 bits per heavy atom. The molecule has 0 aromatic heterocycles. The van der Waals surface area contributed by atoms with Crippen molar-refractivity contribution in [2.24, 2.45) is 5.41 Å². The number of hydrogen-bond donors (Lipinski definition) is 2. The number of hydrogen-bond acceptors (Lipinski definition) is 2. The van der Waals surface area contributed by atoms with Crippen LogP contribution < -0.4 is 5.32 Å². The molecule has 0 atom stereocenters. The van der Waals surface area contributed by atoms with Gasteiger partial charge >= 0.3 is 5.97 Å². The molecule has 82 valence electrons. The van der Waals surface area contributed by atoms with E-state index in [1.807, 2.05) is 0 Å². The van der Waals surface area contributed by atoms with E-state index in [0.717, 1.165) is 0 Å². The first-order valence-electron chi connectivity index (χ1n) is 5.45. The first-order chi connectivity index (χ1) is 6.49. The van der Waals surface area contributed by atoms with Crippen molar-refractivity contribution in [3.8, 4) is 0 Å². The highest BCUT2D eigenvalue weighted by Crippen LogP contribution is 2.34. The quantitative estimate of drug-likeness (QED) is 0.728. The molecule has 1 rings (SSSR count). The van der Waals surface area contributed by atoms with Gasteiger partial charge in [0.25, 0.3) is 0 Å². The van der Waals surface area contributed by atoms with Crippen molar-refractivity contribution in [2.45, 2.75) is 52.0 Å². The summed E-state index contributed by atoms with van der Waals surface area (Å²) in [5, 5.41) is 11.8. The smallest absolute Gasteiger partial charge is 0.304 e. The van der Waals surface area contributed by atoms with Crippen LogP contribution in [0.3, 0.4) is 0 Å². The van der Waals surface area contributed by atoms with Crippen LogP contribution in [0.5, 0.6) is 0 Å².